The number of amides is 3. The van der Waals surface area contributed by atoms with Crippen LogP contribution in [-0.4, -0.2) is 50.1 Å². The number of carbonyl (C=O) groups is 2. The van der Waals surface area contributed by atoms with Crippen LogP contribution in [0.1, 0.15) is 35.9 Å². The lowest BCUT2D eigenvalue weighted by molar-refractivity contribution is 0.0935. The van der Waals surface area contributed by atoms with Gasteiger partial charge < -0.3 is 24.9 Å². The molecule has 5 rings (SSSR count). The van der Waals surface area contributed by atoms with Gasteiger partial charge >= 0.3 is 6.03 Å². The van der Waals surface area contributed by atoms with Crippen LogP contribution in [0, 0.1) is 0 Å². The van der Waals surface area contributed by atoms with Crippen molar-refractivity contribution >= 4 is 28.9 Å². The van der Waals surface area contributed by atoms with E-state index < -0.39 is 0 Å². The third-order valence-electron chi connectivity index (χ3n) is 6.14. The predicted octanol–water partition coefficient (Wildman–Crippen LogP) is 4.45. The van der Waals surface area contributed by atoms with E-state index in [0.29, 0.717) is 34.6 Å². The molecule has 0 aliphatic heterocycles. The van der Waals surface area contributed by atoms with Gasteiger partial charge in [0.25, 0.3) is 5.91 Å². The fourth-order valence-electron chi connectivity index (χ4n) is 4.18. The number of hydrogen-bond donors (Lipinski definition) is 4. The molecule has 3 heterocycles. The topological polar surface area (TPSA) is 139 Å². The van der Waals surface area contributed by atoms with Crippen molar-refractivity contribution in [1.29, 1.82) is 0 Å². The average Bonchev–Trinajstić information content (AvgIpc) is 3.60. The van der Waals surface area contributed by atoms with E-state index in [0.717, 1.165) is 11.3 Å². The summed E-state index contributed by atoms with van der Waals surface area (Å²) in [7, 11) is 1.59. The number of hydrogen-bond acceptors (Lipinski definition) is 6. The SMILES string of the molecule is CCNC(=O)Nc1nc2c(-c3cc(OC)ccn3)cc(-n3cnc(C(=O)N[C@@H](C)c4ccccc4)c3)cc2[nH]1. The number of rotatable bonds is 8. The zero-order valence-electron chi connectivity index (χ0n) is 21.7. The summed E-state index contributed by atoms with van der Waals surface area (Å²) < 4.78 is 7.14. The molecule has 11 nitrogen and oxygen atoms in total. The smallest absolute Gasteiger partial charge is 0.321 e. The minimum Gasteiger partial charge on any atom is -0.497 e. The van der Waals surface area contributed by atoms with Crippen molar-refractivity contribution in [2.45, 2.75) is 19.9 Å². The monoisotopic (exact) mass is 524 g/mol. The highest BCUT2D eigenvalue weighted by Crippen LogP contribution is 2.32. The first-order valence-electron chi connectivity index (χ1n) is 12.4. The van der Waals surface area contributed by atoms with Gasteiger partial charge in [-0.3, -0.25) is 15.1 Å². The highest BCUT2D eigenvalue weighted by atomic mass is 16.5. The van der Waals surface area contributed by atoms with E-state index in [1.807, 2.05) is 62.4 Å². The van der Waals surface area contributed by atoms with Crippen LogP contribution >= 0.6 is 0 Å². The molecule has 198 valence electrons. The van der Waals surface area contributed by atoms with Gasteiger partial charge in [-0.15, -0.1) is 0 Å². The molecule has 4 N–H and O–H groups in total. The number of methoxy groups -OCH3 is 1. The molecule has 0 fully saturated rings. The molecule has 3 aromatic heterocycles. The van der Waals surface area contributed by atoms with E-state index in [1.165, 1.54) is 0 Å². The highest BCUT2D eigenvalue weighted by molar-refractivity contribution is 5.97. The van der Waals surface area contributed by atoms with Crippen molar-refractivity contribution < 1.29 is 14.3 Å². The molecular formula is C28H28N8O3. The minimum absolute atomic E-state index is 0.174. The number of ether oxygens (including phenoxy) is 1. The van der Waals surface area contributed by atoms with Crippen molar-refractivity contribution in [1.82, 2.24) is 35.1 Å². The zero-order valence-corrected chi connectivity index (χ0v) is 21.7. The van der Waals surface area contributed by atoms with Crippen LogP contribution in [0.3, 0.4) is 0 Å². The quantitative estimate of drug-likeness (QED) is 0.237. The van der Waals surface area contributed by atoms with E-state index in [9.17, 15) is 9.59 Å². The molecule has 0 saturated carbocycles. The van der Waals surface area contributed by atoms with E-state index >= 15 is 0 Å². The third-order valence-corrected chi connectivity index (χ3v) is 6.14. The molecule has 0 spiro atoms. The number of nitrogens with one attached hydrogen (secondary N) is 4. The summed E-state index contributed by atoms with van der Waals surface area (Å²) in [6.07, 6.45) is 4.90. The van der Waals surface area contributed by atoms with Crippen LogP contribution in [0.25, 0.3) is 28.0 Å². The number of H-pyrrole nitrogens is 1. The molecule has 11 heteroatoms. The molecular weight excluding hydrogens is 496 g/mol. The molecule has 0 radical (unpaired) electrons. The van der Waals surface area contributed by atoms with Gasteiger partial charge in [0, 0.05) is 36.3 Å². The lowest BCUT2D eigenvalue weighted by Crippen LogP contribution is -2.28. The number of carbonyl (C=O) groups excluding carboxylic acids is 2. The van der Waals surface area contributed by atoms with Crippen molar-refractivity contribution in [3.63, 3.8) is 0 Å². The third kappa shape index (κ3) is 5.57. The predicted molar refractivity (Wildman–Crippen MR) is 148 cm³/mol. The van der Waals surface area contributed by atoms with Gasteiger partial charge in [0.1, 0.15) is 23.3 Å². The number of benzene rings is 2. The summed E-state index contributed by atoms with van der Waals surface area (Å²) in [4.78, 5) is 41.6. The van der Waals surface area contributed by atoms with Crippen molar-refractivity contribution in [2.24, 2.45) is 0 Å². The van der Waals surface area contributed by atoms with Crippen LogP contribution < -0.4 is 20.7 Å². The summed E-state index contributed by atoms with van der Waals surface area (Å²) in [5, 5.41) is 8.38. The Kier molecular flexibility index (Phi) is 7.21. The van der Waals surface area contributed by atoms with Crippen LogP contribution in [0.15, 0.2) is 73.3 Å². The molecule has 39 heavy (non-hydrogen) atoms. The fraction of sp³-hybridized carbons (Fsp3) is 0.179. The Hall–Kier alpha value is -5.19. The Morgan fingerprint density at radius 1 is 1.10 bits per heavy atom. The number of urea groups is 1. The number of nitrogens with zero attached hydrogens (tertiary/aromatic N) is 4. The molecule has 1 atom stereocenters. The normalized spacial score (nSPS) is 11.7. The highest BCUT2D eigenvalue weighted by Gasteiger charge is 2.18. The van der Waals surface area contributed by atoms with Gasteiger partial charge in [-0.25, -0.2) is 14.8 Å². The second-order valence-corrected chi connectivity index (χ2v) is 8.81. The summed E-state index contributed by atoms with van der Waals surface area (Å²) in [6.45, 7) is 4.24. The minimum atomic E-state index is -0.368. The molecule has 0 saturated heterocycles. The van der Waals surface area contributed by atoms with Gasteiger partial charge in [-0.05, 0) is 37.6 Å². The van der Waals surface area contributed by atoms with E-state index in [1.54, 1.807) is 36.5 Å². The second kappa shape index (κ2) is 11.1. The molecule has 0 bridgehead atoms. The van der Waals surface area contributed by atoms with E-state index in [-0.39, 0.29) is 29.6 Å². The lowest BCUT2D eigenvalue weighted by Gasteiger charge is -2.13. The molecule has 0 aliphatic rings. The number of imidazole rings is 2. The maximum absolute atomic E-state index is 12.9. The Balaban J connectivity index is 1.50. The molecule has 0 unspecified atom stereocenters. The Morgan fingerprint density at radius 3 is 2.69 bits per heavy atom. The van der Waals surface area contributed by atoms with Gasteiger partial charge in [0.15, 0.2) is 0 Å². The van der Waals surface area contributed by atoms with Gasteiger partial charge in [-0.2, -0.15) is 0 Å². The number of aromatic amines is 1. The molecule has 2 aromatic carbocycles. The largest absolute Gasteiger partial charge is 0.497 e. The first kappa shape index (κ1) is 25.5. The number of aromatic nitrogens is 5. The maximum Gasteiger partial charge on any atom is 0.321 e. The van der Waals surface area contributed by atoms with Crippen LogP contribution in [0.5, 0.6) is 5.75 Å². The summed E-state index contributed by atoms with van der Waals surface area (Å²) in [5.41, 5.74) is 4.62. The van der Waals surface area contributed by atoms with Crippen LogP contribution in [-0.2, 0) is 0 Å². The average molecular weight is 525 g/mol. The lowest BCUT2D eigenvalue weighted by atomic mass is 10.1. The van der Waals surface area contributed by atoms with E-state index in [2.05, 4.69) is 35.9 Å². The summed E-state index contributed by atoms with van der Waals surface area (Å²) in [5.74, 6) is 0.651. The number of fused-ring (bicyclic) bond motifs is 1. The molecule has 3 amide bonds. The molecule has 5 aromatic rings. The van der Waals surface area contributed by atoms with Gasteiger partial charge in [-0.1, -0.05) is 30.3 Å². The van der Waals surface area contributed by atoms with Crippen LogP contribution in [0.4, 0.5) is 10.7 Å². The number of anilines is 1. The Morgan fingerprint density at radius 2 is 1.92 bits per heavy atom. The van der Waals surface area contributed by atoms with E-state index in [4.69, 9.17) is 4.74 Å². The van der Waals surface area contributed by atoms with Gasteiger partial charge in [0.05, 0.1) is 24.4 Å². The zero-order chi connectivity index (χ0) is 27.4. The van der Waals surface area contributed by atoms with Crippen molar-refractivity contribution in [3.8, 4) is 22.7 Å². The van der Waals surface area contributed by atoms with Gasteiger partial charge in [0.2, 0.25) is 5.95 Å². The summed E-state index contributed by atoms with van der Waals surface area (Å²) >= 11 is 0. The van der Waals surface area contributed by atoms with Crippen molar-refractivity contribution in [2.75, 3.05) is 19.0 Å². The Labute approximate surface area is 224 Å². The Bertz CT molecular complexity index is 1630. The fourth-order valence-corrected chi connectivity index (χ4v) is 4.18. The first-order chi connectivity index (χ1) is 18.9. The maximum atomic E-state index is 12.9. The van der Waals surface area contributed by atoms with Crippen molar-refractivity contribution in [3.05, 3.63) is 84.6 Å². The molecule has 0 aliphatic carbocycles. The standard InChI is InChI=1S/C28H28N8O3/c1-4-29-28(38)35-27-33-23-13-19(12-21(25(23)34-27)22-14-20(39-3)10-11-30-22)36-15-24(31-16-36)26(37)32-17(2)18-8-6-5-7-9-18/h5-17H,4H2,1-3H3,(H,32,37)(H3,29,33,34,35,38)/t17-/m0/s1. The summed E-state index contributed by atoms with van der Waals surface area (Å²) in [6, 6.07) is 16.5. The first-order valence-corrected chi connectivity index (χ1v) is 12.4. The number of pyridine rings is 1. The second-order valence-electron chi connectivity index (χ2n) is 8.81. The van der Waals surface area contributed by atoms with Crippen LogP contribution in [0.2, 0.25) is 0 Å².